The fourth-order valence-electron chi connectivity index (χ4n) is 8.51. The average molecular weight is 711 g/mol. The maximum absolute atomic E-state index is 5.06. The SMILES string of the molecule is c1ccc(-c2cc(-c3ccc(-c4cc(-c5ccc(-c6ccc7c8c(cccc68)-c6ccccc6-7)cc5)cc5ccccc45)cc3)nc(-c3ccccc3)n2)cc1. The van der Waals surface area contributed by atoms with Gasteiger partial charge < -0.3 is 0 Å². The molecule has 0 radical (unpaired) electrons. The smallest absolute Gasteiger partial charge is 0.160 e. The Morgan fingerprint density at radius 2 is 0.750 bits per heavy atom. The van der Waals surface area contributed by atoms with E-state index in [0.717, 1.165) is 39.5 Å². The molecule has 0 unspecified atom stereocenters. The molecule has 0 N–H and O–H groups in total. The number of rotatable bonds is 6. The number of hydrogen-bond donors (Lipinski definition) is 0. The molecule has 9 aromatic carbocycles. The first-order valence-electron chi connectivity index (χ1n) is 19.1. The predicted octanol–water partition coefficient (Wildman–Crippen LogP) is 14.4. The van der Waals surface area contributed by atoms with E-state index in [4.69, 9.17) is 9.97 Å². The first-order chi connectivity index (χ1) is 27.7. The van der Waals surface area contributed by atoms with E-state index in [1.54, 1.807) is 0 Å². The van der Waals surface area contributed by atoms with Gasteiger partial charge in [0.15, 0.2) is 5.82 Å². The number of aromatic nitrogens is 2. The van der Waals surface area contributed by atoms with Crippen LogP contribution in [0.5, 0.6) is 0 Å². The fourth-order valence-corrected chi connectivity index (χ4v) is 8.51. The van der Waals surface area contributed by atoms with Gasteiger partial charge in [0, 0.05) is 16.7 Å². The molecule has 0 saturated heterocycles. The Morgan fingerprint density at radius 1 is 0.250 bits per heavy atom. The summed E-state index contributed by atoms with van der Waals surface area (Å²) in [7, 11) is 0. The molecule has 0 bridgehead atoms. The third kappa shape index (κ3) is 5.42. The summed E-state index contributed by atoms with van der Waals surface area (Å²) >= 11 is 0. The van der Waals surface area contributed by atoms with Crippen molar-refractivity contribution in [3.8, 4) is 89.5 Å². The summed E-state index contributed by atoms with van der Waals surface area (Å²) in [6.07, 6.45) is 0. The van der Waals surface area contributed by atoms with Gasteiger partial charge in [0.25, 0.3) is 0 Å². The third-order valence-electron chi connectivity index (χ3n) is 11.3. The molecule has 0 fully saturated rings. The van der Waals surface area contributed by atoms with Crippen molar-refractivity contribution in [3.63, 3.8) is 0 Å². The van der Waals surface area contributed by atoms with Crippen LogP contribution in [0.25, 0.3) is 111 Å². The summed E-state index contributed by atoms with van der Waals surface area (Å²) in [6, 6.07) is 74.0. The molecule has 260 valence electrons. The van der Waals surface area contributed by atoms with Crippen molar-refractivity contribution in [2.24, 2.45) is 0 Å². The first-order valence-corrected chi connectivity index (χ1v) is 19.1. The van der Waals surface area contributed by atoms with Crippen LogP contribution in [0.2, 0.25) is 0 Å². The van der Waals surface area contributed by atoms with Gasteiger partial charge in [0.2, 0.25) is 0 Å². The van der Waals surface area contributed by atoms with E-state index in [1.165, 1.54) is 71.6 Å². The van der Waals surface area contributed by atoms with Gasteiger partial charge in [-0.2, -0.15) is 0 Å². The summed E-state index contributed by atoms with van der Waals surface area (Å²) in [4.78, 5) is 10.0. The van der Waals surface area contributed by atoms with Crippen LogP contribution in [0, 0.1) is 0 Å². The Morgan fingerprint density at radius 3 is 1.46 bits per heavy atom. The van der Waals surface area contributed by atoms with E-state index >= 15 is 0 Å². The molecule has 2 nitrogen and oxygen atoms in total. The van der Waals surface area contributed by atoms with Crippen LogP contribution in [0.1, 0.15) is 0 Å². The highest BCUT2D eigenvalue weighted by Gasteiger charge is 2.22. The molecule has 1 heterocycles. The molecule has 0 aliphatic heterocycles. The summed E-state index contributed by atoms with van der Waals surface area (Å²) in [5.74, 6) is 0.718. The molecule has 1 aromatic heterocycles. The molecule has 11 rings (SSSR count). The van der Waals surface area contributed by atoms with E-state index < -0.39 is 0 Å². The van der Waals surface area contributed by atoms with Crippen LogP contribution in [0.4, 0.5) is 0 Å². The van der Waals surface area contributed by atoms with Crippen LogP contribution in [-0.2, 0) is 0 Å². The van der Waals surface area contributed by atoms with Crippen LogP contribution in [0.15, 0.2) is 206 Å². The number of benzene rings is 9. The van der Waals surface area contributed by atoms with Gasteiger partial charge in [-0.1, -0.05) is 188 Å². The van der Waals surface area contributed by atoms with Crippen LogP contribution in [0.3, 0.4) is 0 Å². The second kappa shape index (κ2) is 13.2. The Hall–Kier alpha value is -7.42. The maximum Gasteiger partial charge on any atom is 0.160 e. The van der Waals surface area contributed by atoms with E-state index in [1.807, 2.05) is 24.3 Å². The molecule has 1 aliphatic rings. The van der Waals surface area contributed by atoms with Gasteiger partial charge in [-0.15, -0.1) is 0 Å². The second-order valence-electron chi connectivity index (χ2n) is 14.5. The lowest BCUT2D eigenvalue weighted by Gasteiger charge is -2.14. The Bertz CT molecular complexity index is 3010. The molecule has 1 aliphatic carbocycles. The first kappa shape index (κ1) is 32.0. The number of hydrogen-bond acceptors (Lipinski definition) is 2. The minimum Gasteiger partial charge on any atom is -0.228 e. The molecule has 0 spiro atoms. The molecule has 10 aromatic rings. The zero-order valence-corrected chi connectivity index (χ0v) is 30.5. The van der Waals surface area contributed by atoms with Crippen molar-refractivity contribution < 1.29 is 0 Å². The lowest BCUT2D eigenvalue weighted by molar-refractivity contribution is 1.18. The fraction of sp³-hybridized carbons (Fsp3) is 0. The lowest BCUT2D eigenvalue weighted by Crippen LogP contribution is -1.95. The van der Waals surface area contributed by atoms with E-state index in [0.29, 0.717) is 0 Å². The highest BCUT2D eigenvalue weighted by Crippen LogP contribution is 2.49. The minimum atomic E-state index is 0.718. The predicted molar refractivity (Wildman–Crippen MR) is 234 cm³/mol. The summed E-state index contributed by atoms with van der Waals surface area (Å²) in [5.41, 5.74) is 17.5. The van der Waals surface area contributed by atoms with Crippen molar-refractivity contribution in [1.82, 2.24) is 9.97 Å². The lowest BCUT2D eigenvalue weighted by atomic mass is 9.91. The van der Waals surface area contributed by atoms with Crippen molar-refractivity contribution >= 4 is 21.5 Å². The van der Waals surface area contributed by atoms with Crippen LogP contribution < -0.4 is 0 Å². The summed E-state index contributed by atoms with van der Waals surface area (Å²) in [6.45, 7) is 0. The standard InChI is InChI=1S/C54H34N2/c1-3-12-38(13-4-1)51-34-52(56-54(55-51)40-14-5-2-6-15-40)39-28-26-37(27-29-39)50-33-42(32-41-16-7-8-17-43(41)50)35-22-24-36(25-23-35)44-30-31-49-46-19-10-9-18-45(46)48-21-11-20-47(44)53(48)49/h1-34H. The van der Waals surface area contributed by atoms with Crippen molar-refractivity contribution in [2.75, 3.05) is 0 Å². The Balaban J connectivity index is 0.958. The highest BCUT2D eigenvalue weighted by atomic mass is 14.9. The van der Waals surface area contributed by atoms with Gasteiger partial charge in [-0.3, -0.25) is 0 Å². The zero-order valence-electron chi connectivity index (χ0n) is 30.5. The largest absolute Gasteiger partial charge is 0.228 e. The normalized spacial score (nSPS) is 11.6. The monoisotopic (exact) mass is 710 g/mol. The maximum atomic E-state index is 5.06. The second-order valence-corrected chi connectivity index (χ2v) is 14.5. The van der Waals surface area contributed by atoms with E-state index in [9.17, 15) is 0 Å². The summed E-state index contributed by atoms with van der Waals surface area (Å²) < 4.78 is 0. The van der Waals surface area contributed by atoms with Gasteiger partial charge in [-0.05, 0) is 95.4 Å². The molecule has 0 atom stereocenters. The van der Waals surface area contributed by atoms with Crippen molar-refractivity contribution in [2.45, 2.75) is 0 Å². The molecule has 0 saturated carbocycles. The minimum absolute atomic E-state index is 0.718. The van der Waals surface area contributed by atoms with Gasteiger partial charge in [0.1, 0.15) is 0 Å². The topological polar surface area (TPSA) is 25.8 Å². The number of nitrogens with zero attached hydrogens (tertiary/aromatic N) is 2. The Labute approximate surface area is 326 Å². The van der Waals surface area contributed by atoms with Crippen molar-refractivity contribution in [1.29, 1.82) is 0 Å². The Kier molecular flexibility index (Phi) is 7.53. The van der Waals surface area contributed by atoms with E-state index in [2.05, 4.69) is 182 Å². The quantitative estimate of drug-likeness (QED) is 0.172. The molecule has 56 heavy (non-hydrogen) atoms. The van der Waals surface area contributed by atoms with Crippen LogP contribution in [-0.4, -0.2) is 9.97 Å². The third-order valence-corrected chi connectivity index (χ3v) is 11.3. The number of fused-ring (bicyclic) bond motifs is 4. The van der Waals surface area contributed by atoms with Gasteiger partial charge in [-0.25, -0.2) is 9.97 Å². The molecule has 2 heteroatoms. The van der Waals surface area contributed by atoms with Gasteiger partial charge in [0.05, 0.1) is 11.4 Å². The zero-order chi connectivity index (χ0) is 37.0. The van der Waals surface area contributed by atoms with Crippen molar-refractivity contribution in [3.05, 3.63) is 206 Å². The highest BCUT2D eigenvalue weighted by molar-refractivity contribution is 6.18. The molecular formula is C54H34N2. The van der Waals surface area contributed by atoms with Gasteiger partial charge >= 0.3 is 0 Å². The average Bonchev–Trinajstić information content (AvgIpc) is 3.61. The summed E-state index contributed by atoms with van der Waals surface area (Å²) in [5, 5.41) is 5.11. The molecular weight excluding hydrogens is 677 g/mol. The van der Waals surface area contributed by atoms with E-state index in [-0.39, 0.29) is 0 Å². The van der Waals surface area contributed by atoms with Crippen LogP contribution >= 0.6 is 0 Å². The molecule has 0 amide bonds.